The molecule has 0 aliphatic carbocycles. The van der Waals surface area contributed by atoms with Gasteiger partial charge in [-0.05, 0) is 12.1 Å². The predicted molar refractivity (Wildman–Crippen MR) is 64.0 cm³/mol. The van der Waals surface area contributed by atoms with E-state index in [9.17, 15) is 4.39 Å². The minimum atomic E-state index is -0.456. The third-order valence-corrected chi connectivity index (χ3v) is 3.16. The van der Waals surface area contributed by atoms with Crippen LogP contribution in [0.1, 0.15) is 5.82 Å². The Balaban J connectivity index is 2.59. The average Bonchev–Trinajstić information content (AvgIpc) is 2.64. The molecule has 0 N–H and O–H groups in total. The molecule has 84 valence electrons. The van der Waals surface area contributed by atoms with Crippen molar-refractivity contribution in [2.24, 2.45) is 7.05 Å². The number of benzene rings is 1. The van der Waals surface area contributed by atoms with Crippen LogP contribution in [0.4, 0.5) is 4.39 Å². The van der Waals surface area contributed by atoms with Crippen molar-refractivity contribution >= 4 is 27.5 Å². The molecule has 0 atom stereocenters. The Labute approximate surface area is 105 Å². The fraction of sp³-hybridized carbons (Fsp3) is 0.200. The highest BCUT2D eigenvalue weighted by molar-refractivity contribution is 9.08. The highest BCUT2D eigenvalue weighted by Gasteiger charge is 2.14. The van der Waals surface area contributed by atoms with Gasteiger partial charge in [-0.15, -0.1) is 10.2 Å². The maximum Gasteiger partial charge on any atom is 0.165 e. The fourth-order valence-electron chi connectivity index (χ4n) is 1.39. The second kappa shape index (κ2) is 4.51. The molecule has 0 aliphatic rings. The second-order valence-electron chi connectivity index (χ2n) is 3.23. The van der Waals surface area contributed by atoms with Gasteiger partial charge in [0, 0.05) is 12.6 Å². The summed E-state index contributed by atoms with van der Waals surface area (Å²) in [5.41, 5.74) is 0.545. The zero-order valence-corrected chi connectivity index (χ0v) is 10.8. The van der Waals surface area contributed by atoms with Crippen molar-refractivity contribution in [1.82, 2.24) is 14.8 Å². The van der Waals surface area contributed by atoms with E-state index in [2.05, 4.69) is 26.1 Å². The number of alkyl halides is 1. The van der Waals surface area contributed by atoms with E-state index in [0.717, 1.165) is 5.82 Å². The van der Waals surface area contributed by atoms with Gasteiger partial charge in [-0.3, -0.25) is 0 Å². The summed E-state index contributed by atoms with van der Waals surface area (Å²) >= 11 is 9.18. The fourth-order valence-corrected chi connectivity index (χ4v) is 2.09. The van der Waals surface area contributed by atoms with Crippen LogP contribution in [0.5, 0.6) is 0 Å². The summed E-state index contributed by atoms with van der Waals surface area (Å²) in [6.45, 7) is 0. The van der Waals surface area contributed by atoms with E-state index in [4.69, 9.17) is 11.6 Å². The molecule has 1 aromatic heterocycles. The molecular weight excluding hydrogens is 296 g/mol. The summed E-state index contributed by atoms with van der Waals surface area (Å²) in [5, 5.41) is 8.61. The van der Waals surface area contributed by atoms with Crippen LogP contribution in [-0.4, -0.2) is 14.8 Å². The van der Waals surface area contributed by atoms with Crippen molar-refractivity contribution in [1.29, 1.82) is 0 Å². The van der Waals surface area contributed by atoms with Gasteiger partial charge in [-0.25, -0.2) is 4.39 Å². The van der Waals surface area contributed by atoms with Crippen molar-refractivity contribution in [3.63, 3.8) is 0 Å². The molecule has 16 heavy (non-hydrogen) atoms. The Morgan fingerprint density at radius 1 is 1.44 bits per heavy atom. The number of hydrogen-bond acceptors (Lipinski definition) is 2. The van der Waals surface area contributed by atoms with Crippen LogP contribution in [0.3, 0.4) is 0 Å². The van der Waals surface area contributed by atoms with E-state index < -0.39 is 5.82 Å². The van der Waals surface area contributed by atoms with Gasteiger partial charge < -0.3 is 4.57 Å². The molecule has 0 spiro atoms. The number of nitrogens with zero attached hydrogens (tertiary/aromatic N) is 3. The largest absolute Gasteiger partial charge is 0.313 e. The number of aromatic nitrogens is 3. The molecule has 0 fully saturated rings. The molecule has 2 rings (SSSR count). The zero-order chi connectivity index (χ0) is 11.7. The van der Waals surface area contributed by atoms with Crippen LogP contribution in [0.2, 0.25) is 5.02 Å². The Kier molecular flexibility index (Phi) is 3.25. The first-order valence-electron chi connectivity index (χ1n) is 4.53. The van der Waals surface area contributed by atoms with Gasteiger partial charge in [0.05, 0.1) is 10.4 Å². The number of rotatable bonds is 2. The monoisotopic (exact) mass is 303 g/mol. The number of halogens is 3. The molecule has 3 nitrogen and oxygen atoms in total. The van der Waals surface area contributed by atoms with Gasteiger partial charge >= 0.3 is 0 Å². The highest BCUT2D eigenvalue weighted by Crippen LogP contribution is 2.28. The lowest BCUT2D eigenvalue weighted by molar-refractivity contribution is 0.628. The minimum Gasteiger partial charge on any atom is -0.313 e. The Morgan fingerprint density at radius 2 is 2.19 bits per heavy atom. The van der Waals surface area contributed by atoms with Gasteiger partial charge in [0.2, 0.25) is 0 Å². The van der Waals surface area contributed by atoms with Gasteiger partial charge in [-0.2, -0.15) is 0 Å². The molecule has 0 aliphatic heterocycles. The third-order valence-electron chi connectivity index (χ3n) is 2.28. The summed E-state index contributed by atoms with van der Waals surface area (Å²) < 4.78 is 15.1. The van der Waals surface area contributed by atoms with Crippen LogP contribution in [-0.2, 0) is 12.4 Å². The van der Waals surface area contributed by atoms with E-state index in [1.165, 1.54) is 6.07 Å². The first-order valence-corrected chi connectivity index (χ1v) is 6.03. The smallest absolute Gasteiger partial charge is 0.165 e. The van der Waals surface area contributed by atoms with E-state index in [-0.39, 0.29) is 5.02 Å². The van der Waals surface area contributed by atoms with E-state index in [1.807, 2.05) is 7.05 Å². The summed E-state index contributed by atoms with van der Waals surface area (Å²) in [6, 6.07) is 4.63. The van der Waals surface area contributed by atoms with Crippen LogP contribution < -0.4 is 0 Å². The first kappa shape index (κ1) is 11.5. The standard InChI is InChI=1S/C10H8BrClFN3/c1-16-8(5-11)14-15-10(16)6-3-2-4-7(13)9(6)12/h2-4H,5H2,1H3. The van der Waals surface area contributed by atoms with Gasteiger partial charge in [0.1, 0.15) is 11.6 Å². The predicted octanol–water partition coefficient (Wildman–Crippen LogP) is 3.17. The lowest BCUT2D eigenvalue weighted by Gasteiger charge is -2.04. The molecule has 0 unspecified atom stereocenters. The molecule has 2 aromatic rings. The van der Waals surface area contributed by atoms with Gasteiger partial charge in [0.25, 0.3) is 0 Å². The van der Waals surface area contributed by atoms with Crippen LogP contribution in [0.25, 0.3) is 11.4 Å². The number of hydrogen-bond donors (Lipinski definition) is 0. The molecule has 0 saturated heterocycles. The highest BCUT2D eigenvalue weighted by atomic mass is 79.9. The Hall–Kier alpha value is -0.940. The summed E-state index contributed by atoms with van der Waals surface area (Å²) in [4.78, 5) is 0. The summed E-state index contributed by atoms with van der Waals surface area (Å²) in [7, 11) is 1.81. The molecule has 1 heterocycles. The van der Waals surface area contributed by atoms with Crippen molar-refractivity contribution < 1.29 is 4.39 Å². The summed E-state index contributed by atoms with van der Waals surface area (Å²) in [5.74, 6) is 0.858. The van der Waals surface area contributed by atoms with Gasteiger partial charge in [-0.1, -0.05) is 33.6 Å². The van der Waals surface area contributed by atoms with Crippen molar-refractivity contribution in [2.45, 2.75) is 5.33 Å². The zero-order valence-electron chi connectivity index (χ0n) is 8.41. The second-order valence-corrected chi connectivity index (χ2v) is 4.17. The van der Waals surface area contributed by atoms with Crippen LogP contribution >= 0.6 is 27.5 Å². The Morgan fingerprint density at radius 3 is 2.81 bits per heavy atom. The van der Waals surface area contributed by atoms with Crippen molar-refractivity contribution in [2.75, 3.05) is 0 Å². The third kappa shape index (κ3) is 1.85. The lowest BCUT2D eigenvalue weighted by atomic mass is 10.2. The molecule has 1 aromatic carbocycles. The minimum absolute atomic E-state index is 0.0686. The van der Waals surface area contributed by atoms with Crippen LogP contribution in [0, 0.1) is 5.82 Å². The quantitative estimate of drug-likeness (QED) is 0.798. The van der Waals surface area contributed by atoms with E-state index in [0.29, 0.717) is 16.7 Å². The van der Waals surface area contributed by atoms with Gasteiger partial charge in [0.15, 0.2) is 5.82 Å². The molecule has 6 heteroatoms. The van der Waals surface area contributed by atoms with E-state index in [1.54, 1.807) is 16.7 Å². The molecular formula is C10H8BrClFN3. The van der Waals surface area contributed by atoms with E-state index >= 15 is 0 Å². The maximum absolute atomic E-state index is 13.3. The van der Waals surface area contributed by atoms with Crippen molar-refractivity contribution in [3.8, 4) is 11.4 Å². The SMILES string of the molecule is Cn1c(CBr)nnc1-c1cccc(F)c1Cl. The van der Waals surface area contributed by atoms with Crippen molar-refractivity contribution in [3.05, 3.63) is 34.9 Å². The molecule has 0 bridgehead atoms. The lowest BCUT2D eigenvalue weighted by Crippen LogP contribution is -1.98. The Bertz CT molecular complexity index is 527. The van der Waals surface area contributed by atoms with Crippen LogP contribution in [0.15, 0.2) is 18.2 Å². The molecule has 0 radical (unpaired) electrons. The molecule has 0 saturated carbocycles. The topological polar surface area (TPSA) is 30.7 Å². The maximum atomic E-state index is 13.3. The average molecular weight is 305 g/mol. The normalized spacial score (nSPS) is 10.8. The first-order chi connectivity index (χ1) is 7.65. The summed E-state index contributed by atoms with van der Waals surface area (Å²) in [6.07, 6.45) is 0. The molecule has 0 amide bonds.